The highest BCUT2D eigenvalue weighted by Crippen LogP contribution is 2.07. The summed E-state index contributed by atoms with van der Waals surface area (Å²) in [5.41, 5.74) is 7.52. The lowest BCUT2D eigenvalue weighted by molar-refractivity contribution is -0.137. The van der Waals surface area contributed by atoms with Crippen LogP contribution in [-0.4, -0.2) is 125 Å². The molecule has 0 radical (unpaired) electrons. The van der Waals surface area contributed by atoms with Gasteiger partial charge < -0.3 is 40.8 Å². The van der Waals surface area contributed by atoms with E-state index in [1.807, 2.05) is 0 Å². The van der Waals surface area contributed by atoms with E-state index >= 15 is 0 Å². The summed E-state index contributed by atoms with van der Waals surface area (Å²) in [6.45, 7) is 5.02. The Morgan fingerprint density at radius 1 is 0.771 bits per heavy atom. The molecule has 1 atom stereocenters. The molecule has 0 saturated heterocycles. The highest BCUT2D eigenvalue weighted by Gasteiger charge is 2.22. The van der Waals surface area contributed by atoms with E-state index in [4.69, 9.17) is 19.7 Å². The first-order valence-corrected chi connectivity index (χ1v) is 15.7. The fourth-order valence-corrected chi connectivity index (χ4v) is 3.71. The van der Waals surface area contributed by atoms with Gasteiger partial charge in [-0.15, -0.1) is 0 Å². The number of ether oxygens (including phenoxy) is 3. The summed E-state index contributed by atoms with van der Waals surface area (Å²) in [6, 6.07) is -0.603. The van der Waals surface area contributed by atoms with Crippen molar-refractivity contribution in [2.24, 2.45) is 5.11 Å². The average molecular weight is 681 g/mol. The molecule has 0 fully saturated rings. The van der Waals surface area contributed by atoms with Gasteiger partial charge in [0.05, 0.1) is 71.0 Å². The van der Waals surface area contributed by atoms with E-state index in [2.05, 4.69) is 31.7 Å². The standard InChI is InChI=1S/C30H48N8O10/c1-22(23(2)39)36-28(43)21-35-26(41)9-12-46-14-16-48-17-15-47-13-10-32-18-24(37-31)19-33-27(42)20-34-25(40)6-4-3-5-11-38-29(44)7-8-30(38)45/h7-8,18,22,31-32H,3-6,9-17,19-21H2,1-2H3,(H,33,42)(H,34,40)(H,35,41)(H,36,43)/b24-18-,37-31?/t22-/m0/s1. The SMILES string of the molecule is CC(=O)[C@H](C)NC(=O)CNC(=O)CCOCCOCCOCCN/C=C(/CNC(=O)CNC(=O)CCCCCN1C(=O)C=CC1=O)N=N. The molecule has 1 aliphatic rings. The molecule has 0 aromatic heterocycles. The highest BCUT2D eigenvalue weighted by atomic mass is 16.5. The Morgan fingerprint density at radius 2 is 1.33 bits per heavy atom. The van der Waals surface area contributed by atoms with Gasteiger partial charge in [-0.3, -0.25) is 38.5 Å². The van der Waals surface area contributed by atoms with Crippen molar-refractivity contribution in [3.05, 3.63) is 24.0 Å². The van der Waals surface area contributed by atoms with Crippen LogP contribution < -0.4 is 26.6 Å². The van der Waals surface area contributed by atoms with Crippen molar-refractivity contribution in [2.75, 3.05) is 72.4 Å². The van der Waals surface area contributed by atoms with Crippen LogP contribution in [-0.2, 0) is 47.8 Å². The molecule has 6 amide bonds. The molecule has 268 valence electrons. The van der Waals surface area contributed by atoms with E-state index in [-0.39, 0.29) is 80.8 Å². The van der Waals surface area contributed by atoms with Gasteiger partial charge in [0, 0.05) is 44.3 Å². The van der Waals surface area contributed by atoms with Gasteiger partial charge >= 0.3 is 0 Å². The van der Waals surface area contributed by atoms with Crippen LogP contribution in [0.1, 0.15) is 46.0 Å². The van der Waals surface area contributed by atoms with Crippen molar-refractivity contribution in [2.45, 2.75) is 52.0 Å². The quantitative estimate of drug-likeness (QED) is 0.0326. The number of nitrogens with zero attached hydrogens (tertiary/aromatic N) is 2. The number of carbonyl (C=O) groups excluding carboxylic acids is 7. The minimum absolute atomic E-state index is 0.00580. The lowest BCUT2D eigenvalue weighted by atomic mass is 10.2. The summed E-state index contributed by atoms with van der Waals surface area (Å²) in [4.78, 5) is 82.6. The maximum Gasteiger partial charge on any atom is 0.253 e. The number of hydrogen-bond donors (Lipinski definition) is 6. The second-order valence-corrected chi connectivity index (χ2v) is 10.5. The maximum atomic E-state index is 12.0. The zero-order valence-corrected chi connectivity index (χ0v) is 27.6. The minimum atomic E-state index is -0.603. The van der Waals surface area contributed by atoms with Gasteiger partial charge in [-0.2, -0.15) is 5.11 Å². The number of ketones is 1. The number of carbonyl (C=O) groups is 7. The second-order valence-electron chi connectivity index (χ2n) is 10.5. The van der Waals surface area contributed by atoms with Crippen molar-refractivity contribution in [3.63, 3.8) is 0 Å². The summed E-state index contributed by atoms with van der Waals surface area (Å²) in [5, 5.41) is 16.3. The predicted molar refractivity (Wildman–Crippen MR) is 170 cm³/mol. The Kier molecular flexibility index (Phi) is 22.1. The van der Waals surface area contributed by atoms with Crippen LogP contribution in [0, 0.1) is 5.53 Å². The Bertz CT molecular complexity index is 1140. The van der Waals surface area contributed by atoms with Crippen LogP contribution >= 0.6 is 0 Å². The molecule has 1 heterocycles. The molecule has 6 N–H and O–H groups in total. The highest BCUT2D eigenvalue weighted by molar-refractivity contribution is 6.12. The average Bonchev–Trinajstić information content (AvgIpc) is 3.38. The second kappa shape index (κ2) is 25.5. The van der Waals surface area contributed by atoms with Gasteiger partial charge in [-0.1, -0.05) is 6.42 Å². The van der Waals surface area contributed by atoms with Crippen molar-refractivity contribution in [1.82, 2.24) is 31.5 Å². The predicted octanol–water partition coefficient (Wildman–Crippen LogP) is -1.18. The first kappa shape index (κ1) is 41.5. The lowest BCUT2D eigenvalue weighted by Gasteiger charge is -2.13. The molecule has 0 bridgehead atoms. The van der Waals surface area contributed by atoms with E-state index in [1.165, 1.54) is 25.3 Å². The summed E-state index contributed by atoms with van der Waals surface area (Å²) in [5.74, 6) is -2.34. The Hall–Kier alpha value is -4.55. The molecule has 0 aromatic carbocycles. The molecule has 0 aromatic rings. The number of rotatable bonds is 28. The zero-order chi connectivity index (χ0) is 35.6. The van der Waals surface area contributed by atoms with E-state index in [1.54, 1.807) is 6.92 Å². The van der Waals surface area contributed by atoms with Crippen LogP contribution in [0.4, 0.5) is 0 Å². The molecule has 0 saturated carbocycles. The van der Waals surface area contributed by atoms with Crippen molar-refractivity contribution in [1.29, 1.82) is 5.53 Å². The number of amides is 6. The number of imide groups is 1. The third kappa shape index (κ3) is 20.5. The Balaban J connectivity index is 1.96. The third-order valence-electron chi connectivity index (χ3n) is 6.55. The molecule has 0 spiro atoms. The Labute approximate surface area is 279 Å². The summed E-state index contributed by atoms with van der Waals surface area (Å²) < 4.78 is 16.1. The minimum Gasteiger partial charge on any atom is -0.387 e. The van der Waals surface area contributed by atoms with Crippen LogP contribution in [0.3, 0.4) is 0 Å². The first-order valence-electron chi connectivity index (χ1n) is 15.7. The van der Waals surface area contributed by atoms with Crippen LogP contribution in [0.25, 0.3) is 0 Å². The largest absolute Gasteiger partial charge is 0.387 e. The maximum absolute atomic E-state index is 12.0. The smallest absolute Gasteiger partial charge is 0.253 e. The number of hydrogen-bond acceptors (Lipinski definition) is 13. The normalized spacial score (nSPS) is 13.2. The van der Waals surface area contributed by atoms with Crippen molar-refractivity contribution < 1.29 is 47.8 Å². The van der Waals surface area contributed by atoms with Gasteiger partial charge in [0.2, 0.25) is 23.6 Å². The summed E-state index contributed by atoms with van der Waals surface area (Å²) in [6.07, 6.45) is 6.03. The molecular formula is C30H48N8O10. The molecule has 0 unspecified atom stereocenters. The molecule has 48 heavy (non-hydrogen) atoms. The zero-order valence-electron chi connectivity index (χ0n) is 27.6. The number of Topliss-reactive ketones (excluding diaryl/α,β-unsaturated/α-hetero) is 1. The van der Waals surface area contributed by atoms with E-state index in [0.717, 1.165) is 4.90 Å². The van der Waals surface area contributed by atoms with Gasteiger partial charge in [0.15, 0.2) is 5.78 Å². The van der Waals surface area contributed by atoms with Crippen molar-refractivity contribution >= 4 is 41.2 Å². The first-order chi connectivity index (χ1) is 23.0. The molecule has 0 aliphatic carbocycles. The Morgan fingerprint density at radius 3 is 1.96 bits per heavy atom. The van der Waals surface area contributed by atoms with E-state index in [9.17, 15) is 33.6 Å². The number of nitrogens with one attached hydrogen (secondary N) is 6. The fourth-order valence-electron chi connectivity index (χ4n) is 3.71. The van der Waals surface area contributed by atoms with E-state index in [0.29, 0.717) is 58.8 Å². The molecule has 1 rings (SSSR count). The molecule has 1 aliphatic heterocycles. The molecular weight excluding hydrogens is 632 g/mol. The topological polar surface area (TPSA) is 247 Å². The van der Waals surface area contributed by atoms with E-state index < -0.39 is 17.9 Å². The van der Waals surface area contributed by atoms with Gasteiger partial charge in [-0.25, -0.2) is 5.53 Å². The summed E-state index contributed by atoms with van der Waals surface area (Å²) >= 11 is 0. The lowest BCUT2D eigenvalue weighted by Crippen LogP contribution is -2.43. The van der Waals surface area contributed by atoms with Crippen LogP contribution in [0.15, 0.2) is 29.2 Å². The molecule has 18 nitrogen and oxygen atoms in total. The van der Waals surface area contributed by atoms with Crippen LogP contribution in [0.5, 0.6) is 0 Å². The number of unbranched alkanes of at least 4 members (excludes halogenated alkanes) is 2. The van der Waals surface area contributed by atoms with Gasteiger partial charge in [0.25, 0.3) is 11.8 Å². The molecule has 18 heteroatoms. The van der Waals surface area contributed by atoms with Crippen LogP contribution in [0.2, 0.25) is 0 Å². The van der Waals surface area contributed by atoms with Gasteiger partial charge in [0.1, 0.15) is 0 Å². The fraction of sp³-hybridized carbons (Fsp3) is 0.633. The third-order valence-corrected chi connectivity index (χ3v) is 6.55. The van der Waals surface area contributed by atoms with Gasteiger partial charge in [-0.05, 0) is 26.7 Å². The monoisotopic (exact) mass is 680 g/mol. The van der Waals surface area contributed by atoms with Crippen molar-refractivity contribution in [3.8, 4) is 0 Å². The summed E-state index contributed by atoms with van der Waals surface area (Å²) in [7, 11) is 0.